The maximum atomic E-state index is 12.9. The van der Waals surface area contributed by atoms with Crippen LogP contribution < -0.4 is 16.6 Å². The number of fused-ring (bicyclic) bond motifs is 1. The molecule has 1 amide bonds. The van der Waals surface area contributed by atoms with Gasteiger partial charge in [0.05, 0.1) is 23.7 Å². The summed E-state index contributed by atoms with van der Waals surface area (Å²) in [7, 11) is 0. The Labute approximate surface area is 143 Å². The van der Waals surface area contributed by atoms with Crippen molar-refractivity contribution in [3.63, 3.8) is 0 Å². The smallest absolute Gasteiger partial charge is 0.332 e. The van der Waals surface area contributed by atoms with Gasteiger partial charge in [0, 0.05) is 6.04 Å². The first-order valence-electron chi connectivity index (χ1n) is 8.01. The number of carbonyl (C=O) groups is 1. The number of hydrogen-bond acceptors (Lipinski definition) is 4. The summed E-state index contributed by atoms with van der Waals surface area (Å²) in [5.41, 5.74) is -0.511. The molecule has 3 rings (SSSR count). The Morgan fingerprint density at radius 1 is 1.12 bits per heavy atom. The highest BCUT2D eigenvalue weighted by molar-refractivity contribution is 5.81. The van der Waals surface area contributed by atoms with Crippen molar-refractivity contribution >= 4 is 16.8 Å². The molecule has 0 radical (unpaired) electrons. The van der Waals surface area contributed by atoms with E-state index in [0.717, 1.165) is 4.57 Å². The first-order valence-corrected chi connectivity index (χ1v) is 8.01. The van der Waals surface area contributed by atoms with Gasteiger partial charge >= 0.3 is 5.69 Å². The maximum absolute atomic E-state index is 12.9. The standard InChI is InChI=1S/C18H19N3O4/c1-12(2)19-16(22)11-20-15-8-4-3-7-14(15)17(23)21(18(20)24)10-13-6-5-9-25-13/h3-9,12H,10-11H2,1-2H3,(H,19,22). The van der Waals surface area contributed by atoms with Crippen LogP contribution in [-0.2, 0) is 17.9 Å². The van der Waals surface area contributed by atoms with Gasteiger partial charge in [0.15, 0.2) is 0 Å². The normalized spacial score (nSPS) is 11.2. The van der Waals surface area contributed by atoms with Crippen LogP contribution in [0.5, 0.6) is 0 Å². The lowest BCUT2D eigenvalue weighted by Crippen LogP contribution is -2.43. The fourth-order valence-corrected chi connectivity index (χ4v) is 2.73. The average molecular weight is 341 g/mol. The second-order valence-corrected chi connectivity index (χ2v) is 6.08. The van der Waals surface area contributed by atoms with E-state index in [1.54, 1.807) is 36.4 Å². The monoisotopic (exact) mass is 341 g/mol. The fraction of sp³-hybridized carbons (Fsp3) is 0.278. The molecule has 25 heavy (non-hydrogen) atoms. The number of amides is 1. The van der Waals surface area contributed by atoms with Gasteiger partial charge in [-0.3, -0.25) is 18.7 Å². The summed E-state index contributed by atoms with van der Waals surface area (Å²) >= 11 is 0. The van der Waals surface area contributed by atoms with Gasteiger partial charge < -0.3 is 9.73 Å². The summed E-state index contributed by atoms with van der Waals surface area (Å²) < 4.78 is 7.65. The molecule has 0 spiro atoms. The van der Waals surface area contributed by atoms with Gasteiger partial charge in [-0.15, -0.1) is 0 Å². The van der Waals surface area contributed by atoms with E-state index in [9.17, 15) is 14.4 Å². The first kappa shape index (κ1) is 16.8. The van der Waals surface area contributed by atoms with Crippen molar-refractivity contribution in [2.24, 2.45) is 0 Å². The molecule has 130 valence electrons. The number of furan rings is 1. The molecular formula is C18H19N3O4. The van der Waals surface area contributed by atoms with Crippen LogP contribution >= 0.6 is 0 Å². The minimum absolute atomic E-state index is 0.0152. The van der Waals surface area contributed by atoms with Gasteiger partial charge in [0.1, 0.15) is 12.3 Å². The summed E-state index contributed by atoms with van der Waals surface area (Å²) in [6.07, 6.45) is 1.48. The molecule has 2 aromatic heterocycles. The molecular weight excluding hydrogens is 322 g/mol. The highest BCUT2D eigenvalue weighted by Gasteiger charge is 2.16. The van der Waals surface area contributed by atoms with Crippen LogP contribution in [0.15, 0.2) is 56.7 Å². The minimum Gasteiger partial charge on any atom is -0.467 e. The third-order valence-electron chi connectivity index (χ3n) is 3.78. The molecule has 0 aliphatic rings. The van der Waals surface area contributed by atoms with Crippen molar-refractivity contribution < 1.29 is 9.21 Å². The zero-order chi connectivity index (χ0) is 18.0. The topological polar surface area (TPSA) is 86.2 Å². The molecule has 0 saturated heterocycles. The lowest BCUT2D eigenvalue weighted by atomic mass is 10.2. The van der Waals surface area contributed by atoms with Crippen molar-refractivity contribution in [1.29, 1.82) is 0 Å². The van der Waals surface area contributed by atoms with Crippen LogP contribution in [0.4, 0.5) is 0 Å². The number of hydrogen-bond donors (Lipinski definition) is 1. The highest BCUT2D eigenvalue weighted by Crippen LogP contribution is 2.08. The number of carbonyl (C=O) groups excluding carboxylic acids is 1. The molecule has 0 bridgehead atoms. The first-order chi connectivity index (χ1) is 12.0. The fourth-order valence-electron chi connectivity index (χ4n) is 2.73. The van der Waals surface area contributed by atoms with Gasteiger partial charge in [-0.25, -0.2) is 4.79 Å². The molecule has 0 unspecified atom stereocenters. The number of nitrogens with one attached hydrogen (secondary N) is 1. The number of aromatic nitrogens is 2. The molecule has 0 atom stereocenters. The van der Waals surface area contributed by atoms with Crippen molar-refractivity contribution in [2.45, 2.75) is 33.0 Å². The molecule has 7 nitrogen and oxygen atoms in total. The minimum atomic E-state index is -0.543. The molecule has 0 fully saturated rings. The number of rotatable bonds is 5. The SMILES string of the molecule is CC(C)NC(=O)Cn1c(=O)n(Cc2ccco2)c(=O)c2ccccc21. The van der Waals surface area contributed by atoms with Crippen LogP contribution in [0.3, 0.4) is 0 Å². The third-order valence-corrected chi connectivity index (χ3v) is 3.78. The summed E-state index contributed by atoms with van der Waals surface area (Å²) in [6, 6.07) is 10.1. The van der Waals surface area contributed by atoms with Crippen molar-refractivity contribution in [2.75, 3.05) is 0 Å². The predicted octanol–water partition coefficient (Wildman–Crippen LogP) is 1.33. The summed E-state index contributed by atoms with van der Waals surface area (Å²) in [6.45, 7) is 3.55. The van der Waals surface area contributed by atoms with E-state index in [0.29, 0.717) is 16.7 Å². The molecule has 0 aliphatic heterocycles. The van der Waals surface area contributed by atoms with Gasteiger partial charge in [-0.2, -0.15) is 0 Å². The molecule has 1 aromatic carbocycles. The third kappa shape index (κ3) is 3.40. The Bertz CT molecular complexity index is 1010. The van der Waals surface area contributed by atoms with Crippen LogP contribution in [0.25, 0.3) is 10.9 Å². The van der Waals surface area contributed by atoms with Gasteiger partial charge in [-0.05, 0) is 38.1 Å². The zero-order valence-electron chi connectivity index (χ0n) is 14.1. The van der Waals surface area contributed by atoms with Gasteiger partial charge in [-0.1, -0.05) is 12.1 Å². The second kappa shape index (κ2) is 6.80. The lowest BCUT2D eigenvalue weighted by molar-refractivity contribution is -0.122. The quantitative estimate of drug-likeness (QED) is 0.758. The Morgan fingerprint density at radius 2 is 1.88 bits per heavy atom. The Balaban J connectivity index is 2.15. The Morgan fingerprint density at radius 3 is 2.56 bits per heavy atom. The second-order valence-electron chi connectivity index (χ2n) is 6.08. The van der Waals surface area contributed by atoms with Crippen molar-refractivity contribution in [1.82, 2.24) is 14.5 Å². The Hall–Kier alpha value is -3.09. The van der Waals surface area contributed by atoms with Gasteiger partial charge in [0.25, 0.3) is 5.56 Å². The van der Waals surface area contributed by atoms with E-state index in [2.05, 4.69) is 5.32 Å². The molecule has 2 heterocycles. The number of para-hydroxylation sites is 1. The van der Waals surface area contributed by atoms with E-state index < -0.39 is 11.2 Å². The van der Waals surface area contributed by atoms with E-state index >= 15 is 0 Å². The molecule has 7 heteroatoms. The van der Waals surface area contributed by atoms with E-state index in [1.807, 2.05) is 13.8 Å². The van der Waals surface area contributed by atoms with Crippen molar-refractivity contribution in [3.05, 3.63) is 69.3 Å². The molecule has 1 N–H and O–H groups in total. The van der Waals surface area contributed by atoms with Gasteiger partial charge in [0.2, 0.25) is 5.91 Å². The van der Waals surface area contributed by atoms with Crippen molar-refractivity contribution in [3.8, 4) is 0 Å². The average Bonchev–Trinajstić information content (AvgIpc) is 3.08. The van der Waals surface area contributed by atoms with E-state index in [-0.39, 0.29) is 25.0 Å². The molecule has 0 aliphatic carbocycles. The van der Waals surface area contributed by atoms with E-state index in [4.69, 9.17) is 4.42 Å². The maximum Gasteiger partial charge on any atom is 0.332 e. The number of benzene rings is 1. The molecule has 3 aromatic rings. The lowest BCUT2D eigenvalue weighted by Gasteiger charge is -2.14. The zero-order valence-corrected chi connectivity index (χ0v) is 14.1. The molecule has 0 saturated carbocycles. The summed E-state index contributed by atoms with van der Waals surface area (Å²) in [5, 5.41) is 3.14. The van der Waals surface area contributed by atoms with Crippen LogP contribution in [0.1, 0.15) is 19.6 Å². The summed E-state index contributed by atoms with van der Waals surface area (Å²) in [4.78, 5) is 37.7. The van der Waals surface area contributed by atoms with Crippen LogP contribution in [-0.4, -0.2) is 21.1 Å². The highest BCUT2D eigenvalue weighted by atomic mass is 16.3. The largest absolute Gasteiger partial charge is 0.467 e. The predicted molar refractivity (Wildman–Crippen MR) is 93.6 cm³/mol. The van der Waals surface area contributed by atoms with E-state index in [1.165, 1.54) is 10.8 Å². The number of nitrogens with zero attached hydrogens (tertiary/aromatic N) is 2. The summed E-state index contributed by atoms with van der Waals surface area (Å²) in [5.74, 6) is 0.207. The Kier molecular flexibility index (Phi) is 4.56. The van der Waals surface area contributed by atoms with Crippen LogP contribution in [0.2, 0.25) is 0 Å². The van der Waals surface area contributed by atoms with Crippen LogP contribution in [0, 0.1) is 0 Å².